The van der Waals surface area contributed by atoms with Gasteiger partial charge in [0, 0.05) is 18.8 Å². The van der Waals surface area contributed by atoms with E-state index in [9.17, 15) is 10.1 Å². The second-order valence-corrected chi connectivity index (χ2v) is 4.98. The third-order valence-corrected chi connectivity index (χ3v) is 2.94. The number of aryl methyl sites for hydroxylation is 1. The lowest BCUT2D eigenvalue weighted by molar-refractivity contribution is -0.384. The number of hydrogen-bond acceptors (Lipinski definition) is 5. The van der Waals surface area contributed by atoms with E-state index in [2.05, 4.69) is 4.98 Å². The van der Waals surface area contributed by atoms with Crippen molar-refractivity contribution < 1.29 is 9.66 Å². The molecular weight excluding hydrogens is 272 g/mol. The second kappa shape index (κ2) is 6.36. The van der Waals surface area contributed by atoms with Crippen LogP contribution >= 0.6 is 0 Å². The highest BCUT2D eigenvalue weighted by Crippen LogP contribution is 2.28. The second-order valence-electron chi connectivity index (χ2n) is 4.98. The van der Waals surface area contributed by atoms with Gasteiger partial charge in [0.1, 0.15) is 12.4 Å². The fourth-order valence-electron chi connectivity index (χ4n) is 1.84. The summed E-state index contributed by atoms with van der Waals surface area (Å²) in [6.07, 6.45) is 3.51. The molecule has 2 aromatic rings. The number of nitro benzene ring substituents is 1. The Morgan fingerprint density at radius 3 is 2.76 bits per heavy atom. The summed E-state index contributed by atoms with van der Waals surface area (Å²) < 4.78 is 7.50. The first kappa shape index (κ1) is 15.0. The molecule has 1 heterocycles. The highest BCUT2D eigenvalue weighted by molar-refractivity contribution is 5.53. The normalized spacial score (nSPS) is 10.9. The van der Waals surface area contributed by atoms with Gasteiger partial charge in [-0.25, -0.2) is 4.98 Å². The van der Waals surface area contributed by atoms with Gasteiger partial charge < -0.3 is 14.2 Å². The monoisotopic (exact) mass is 290 g/mol. The summed E-state index contributed by atoms with van der Waals surface area (Å²) in [5.41, 5.74) is 1.61. The molecule has 7 heteroatoms. The Kier molecular flexibility index (Phi) is 4.54. The van der Waals surface area contributed by atoms with Crippen molar-refractivity contribution in [1.82, 2.24) is 14.5 Å². The summed E-state index contributed by atoms with van der Waals surface area (Å²) in [4.78, 5) is 16.6. The zero-order valence-electron chi connectivity index (χ0n) is 12.3. The van der Waals surface area contributed by atoms with Crippen molar-refractivity contribution in [2.45, 2.75) is 6.92 Å². The Balaban J connectivity index is 2.32. The van der Waals surface area contributed by atoms with E-state index in [4.69, 9.17) is 4.74 Å². The van der Waals surface area contributed by atoms with Gasteiger partial charge in [-0.1, -0.05) is 0 Å². The summed E-state index contributed by atoms with van der Waals surface area (Å²) in [5, 5.41) is 10.9. The summed E-state index contributed by atoms with van der Waals surface area (Å²) in [7, 11) is 3.88. The van der Waals surface area contributed by atoms with Crippen LogP contribution in [0.1, 0.15) is 5.69 Å². The molecule has 0 bridgehead atoms. The minimum Gasteiger partial charge on any atom is -0.490 e. The largest absolute Gasteiger partial charge is 0.490 e. The SMILES string of the molecule is Cc1cn(-c2ccc([N+](=O)[O-])cc2OCCN(C)C)cn1. The number of nitrogens with zero attached hydrogens (tertiary/aromatic N) is 4. The molecule has 0 spiro atoms. The van der Waals surface area contributed by atoms with Crippen LogP contribution in [0.5, 0.6) is 5.75 Å². The maximum absolute atomic E-state index is 10.9. The van der Waals surface area contributed by atoms with Gasteiger partial charge in [-0.15, -0.1) is 0 Å². The van der Waals surface area contributed by atoms with Crippen molar-refractivity contribution in [2.75, 3.05) is 27.2 Å². The number of imidazole rings is 1. The van der Waals surface area contributed by atoms with E-state index in [1.807, 2.05) is 32.1 Å². The topological polar surface area (TPSA) is 73.4 Å². The van der Waals surface area contributed by atoms with E-state index in [1.165, 1.54) is 12.1 Å². The average Bonchev–Trinajstić information content (AvgIpc) is 2.84. The van der Waals surface area contributed by atoms with E-state index < -0.39 is 4.92 Å². The molecule has 0 aliphatic heterocycles. The predicted octanol–water partition coefficient (Wildman–Crippen LogP) is 2.03. The first-order valence-electron chi connectivity index (χ1n) is 6.54. The standard InChI is InChI=1S/C14H18N4O3/c1-11-9-17(10-15-11)13-5-4-12(18(19)20)8-14(13)21-7-6-16(2)3/h4-5,8-10H,6-7H2,1-3H3. The molecule has 0 saturated heterocycles. The Morgan fingerprint density at radius 2 is 2.19 bits per heavy atom. The van der Waals surface area contributed by atoms with Crippen LogP contribution in [0.2, 0.25) is 0 Å². The number of benzene rings is 1. The van der Waals surface area contributed by atoms with Crippen molar-refractivity contribution in [2.24, 2.45) is 0 Å². The highest BCUT2D eigenvalue weighted by Gasteiger charge is 2.13. The molecule has 1 aromatic heterocycles. The Morgan fingerprint density at radius 1 is 1.43 bits per heavy atom. The van der Waals surface area contributed by atoms with Crippen LogP contribution in [-0.4, -0.2) is 46.6 Å². The molecule has 7 nitrogen and oxygen atoms in total. The number of ether oxygens (including phenoxy) is 1. The molecule has 0 saturated carbocycles. The molecule has 0 aliphatic rings. The van der Waals surface area contributed by atoms with Crippen LogP contribution < -0.4 is 4.74 Å². The van der Waals surface area contributed by atoms with Crippen LogP contribution in [0.3, 0.4) is 0 Å². The predicted molar refractivity (Wildman–Crippen MR) is 79.0 cm³/mol. The molecule has 21 heavy (non-hydrogen) atoms. The third kappa shape index (κ3) is 3.79. The molecule has 112 valence electrons. The molecule has 0 atom stereocenters. The van der Waals surface area contributed by atoms with E-state index in [1.54, 1.807) is 17.0 Å². The van der Waals surface area contributed by atoms with Crippen LogP contribution in [-0.2, 0) is 0 Å². The number of hydrogen-bond donors (Lipinski definition) is 0. The van der Waals surface area contributed by atoms with Gasteiger partial charge in [-0.3, -0.25) is 10.1 Å². The molecular formula is C14H18N4O3. The van der Waals surface area contributed by atoms with Crippen LogP contribution in [0.4, 0.5) is 5.69 Å². The summed E-state index contributed by atoms with van der Waals surface area (Å²) in [5.74, 6) is 0.475. The lowest BCUT2D eigenvalue weighted by Gasteiger charge is -2.14. The molecule has 0 radical (unpaired) electrons. The number of aromatic nitrogens is 2. The van der Waals surface area contributed by atoms with E-state index >= 15 is 0 Å². The summed E-state index contributed by atoms with van der Waals surface area (Å²) in [6, 6.07) is 4.58. The van der Waals surface area contributed by atoms with Crippen molar-refractivity contribution in [3.8, 4) is 11.4 Å². The third-order valence-electron chi connectivity index (χ3n) is 2.94. The quantitative estimate of drug-likeness (QED) is 0.601. The average molecular weight is 290 g/mol. The number of likely N-dealkylation sites (N-methyl/N-ethyl adjacent to an activating group) is 1. The minimum absolute atomic E-state index is 0.00967. The minimum atomic E-state index is -0.429. The number of non-ortho nitro benzene ring substituents is 1. The zero-order valence-corrected chi connectivity index (χ0v) is 12.3. The van der Waals surface area contributed by atoms with Gasteiger partial charge in [0.25, 0.3) is 5.69 Å². The molecule has 0 N–H and O–H groups in total. The smallest absolute Gasteiger partial charge is 0.273 e. The summed E-state index contributed by atoms with van der Waals surface area (Å²) >= 11 is 0. The van der Waals surface area contributed by atoms with Gasteiger partial charge in [0.05, 0.1) is 28.7 Å². The Hall–Kier alpha value is -2.41. The fourth-order valence-corrected chi connectivity index (χ4v) is 1.84. The van der Waals surface area contributed by atoms with Crippen molar-refractivity contribution in [3.63, 3.8) is 0 Å². The first-order valence-corrected chi connectivity index (χ1v) is 6.54. The molecule has 2 rings (SSSR count). The molecule has 1 aromatic carbocycles. The Bertz CT molecular complexity index is 637. The van der Waals surface area contributed by atoms with Gasteiger partial charge >= 0.3 is 0 Å². The van der Waals surface area contributed by atoms with Gasteiger partial charge in [-0.2, -0.15) is 0 Å². The fraction of sp³-hybridized carbons (Fsp3) is 0.357. The summed E-state index contributed by atoms with van der Waals surface area (Å²) in [6.45, 7) is 3.06. The Labute approximate surface area is 122 Å². The van der Waals surface area contributed by atoms with Gasteiger partial charge in [-0.05, 0) is 27.1 Å². The highest BCUT2D eigenvalue weighted by atomic mass is 16.6. The van der Waals surface area contributed by atoms with Crippen LogP contribution in [0, 0.1) is 17.0 Å². The lowest BCUT2D eigenvalue weighted by atomic mass is 10.2. The molecule has 0 unspecified atom stereocenters. The zero-order chi connectivity index (χ0) is 15.4. The molecule has 0 aliphatic carbocycles. The van der Waals surface area contributed by atoms with E-state index in [0.717, 1.165) is 17.9 Å². The molecule has 0 fully saturated rings. The van der Waals surface area contributed by atoms with Crippen LogP contribution in [0.15, 0.2) is 30.7 Å². The van der Waals surface area contributed by atoms with Crippen molar-refractivity contribution in [1.29, 1.82) is 0 Å². The van der Waals surface area contributed by atoms with E-state index in [0.29, 0.717) is 12.4 Å². The lowest BCUT2D eigenvalue weighted by Crippen LogP contribution is -2.19. The van der Waals surface area contributed by atoms with E-state index in [-0.39, 0.29) is 5.69 Å². The number of nitro groups is 1. The van der Waals surface area contributed by atoms with Crippen molar-refractivity contribution >= 4 is 5.69 Å². The number of rotatable bonds is 6. The molecule has 0 amide bonds. The van der Waals surface area contributed by atoms with Gasteiger partial charge in [0.2, 0.25) is 0 Å². The maximum Gasteiger partial charge on any atom is 0.273 e. The van der Waals surface area contributed by atoms with Crippen molar-refractivity contribution in [3.05, 3.63) is 46.5 Å². The van der Waals surface area contributed by atoms with Crippen LogP contribution in [0.25, 0.3) is 5.69 Å². The maximum atomic E-state index is 10.9. The first-order chi connectivity index (χ1) is 9.97. The van der Waals surface area contributed by atoms with Gasteiger partial charge in [0.15, 0.2) is 0 Å².